The highest BCUT2D eigenvalue weighted by Gasteiger charge is 2.20. The number of carbonyl (C=O) groups is 2. The molecule has 3 aromatic rings. The van der Waals surface area contributed by atoms with Gasteiger partial charge in [-0.3, -0.25) is 4.79 Å². The highest BCUT2D eigenvalue weighted by atomic mass is 35.5. The van der Waals surface area contributed by atoms with E-state index in [2.05, 4.69) is 41.1 Å². The fraction of sp³-hybridized carbons (Fsp3) is 0.485. The zero-order chi connectivity index (χ0) is 31.6. The average Bonchev–Trinajstić information content (AvgIpc) is 3.29. The van der Waals surface area contributed by atoms with Crippen LogP contribution in [0.1, 0.15) is 71.7 Å². The SMILES string of the molecule is CCCC(C)CCc1ncc(-c2ccc(Oc3cc(Cl)ccc3CN[C@@H](CCNC(=O)OC(C)(C)C)C(=O)O)cc2)n1C. The van der Waals surface area contributed by atoms with E-state index < -0.39 is 23.7 Å². The van der Waals surface area contributed by atoms with E-state index in [0.29, 0.717) is 22.4 Å². The fourth-order valence-corrected chi connectivity index (χ4v) is 4.89. The van der Waals surface area contributed by atoms with Crippen LogP contribution in [0.4, 0.5) is 4.79 Å². The van der Waals surface area contributed by atoms with Gasteiger partial charge in [0.25, 0.3) is 0 Å². The number of hydrogen-bond donors (Lipinski definition) is 3. The number of carboxylic acid groups (broad SMARTS) is 1. The fourth-order valence-electron chi connectivity index (χ4n) is 4.73. The van der Waals surface area contributed by atoms with Gasteiger partial charge in [0.15, 0.2) is 0 Å². The number of amides is 1. The Labute approximate surface area is 260 Å². The lowest BCUT2D eigenvalue weighted by Gasteiger charge is -2.20. The van der Waals surface area contributed by atoms with E-state index in [1.807, 2.05) is 30.5 Å². The zero-order valence-electron chi connectivity index (χ0n) is 26.1. The molecule has 2 atom stereocenters. The third-order valence-electron chi connectivity index (χ3n) is 7.07. The maximum absolute atomic E-state index is 11.9. The summed E-state index contributed by atoms with van der Waals surface area (Å²) in [6, 6.07) is 12.1. The van der Waals surface area contributed by atoms with E-state index in [-0.39, 0.29) is 19.5 Å². The first-order valence-electron chi connectivity index (χ1n) is 14.9. The summed E-state index contributed by atoms with van der Waals surface area (Å²) >= 11 is 6.27. The highest BCUT2D eigenvalue weighted by molar-refractivity contribution is 6.30. The minimum absolute atomic E-state index is 0.144. The summed E-state index contributed by atoms with van der Waals surface area (Å²) in [4.78, 5) is 28.4. The Hall–Kier alpha value is -3.56. The van der Waals surface area contributed by atoms with Crippen molar-refractivity contribution in [1.82, 2.24) is 20.2 Å². The molecule has 0 radical (unpaired) electrons. The van der Waals surface area contributed by atoms with Crippen LogP contribution < -0.4 is 15.4 Å². The van der Waals surface area contributed by atoms with Gasteiger partial charge in [-0.05, 0) is 75.9 Å². The number of aryl methyl sites for hydroxylation is 1. The van der Waals surface area contributed by atoms with Crippen LogP contribution in [-0.2, 0) is 29.5 Å². The van der Waals surface area contributed by atoms with Crippen LogP contribution in [0.15, 0.2) is 48.7 Å². The molecule has 0 aliphatic carbocycles. The largest absolute Gasteiger partial charge is 0.480 e. The van der Waals surface area contributed by atoms with Gasteiger partial charge in [0, 0.05) is 42.7 Å². The minimum atomic E-state index is -1.02. The van der Waals surface area contributed by atoms with Gasteiger partial charge in [0.1, 0.15) is 29.0 Å². The molecule has 1 amide bonds. The maximum atomic E-state index is 11.9. The molecule has 10 heteroatoms. The van der Waals surface area contributed by atoms with Gasteiger partial charge in [0.2, 0.25) is 0 Å². The van der Waals surface area contributed by atoms with Crippen LogP contribution in [-0.4, -0.2) is 44.9 Å². The number of hydrogen-bond acceptors (Lipinski definition) is 6. The number of carboxylic acids is 1. The van der Waals surface area contributed by atoms with Gasteiger partial charge in [0.05, 0.1) is 11.9 Å². The Kier molecular flexibility index (Phi) is 12.5. The van der Waals surface area contributed by atoms with Crippen LogP contribution in [0.3, 0.4) is 0 Å². The van der Waals surface area contributed by atoms with Crippen LogP contribution in [0, 0.1) is 5.92 Å². The standard InChI is InChI=1S/C33H45ClN4O5/c1-7-8-22(2)9-16-30-37-21-28(38(30)6)23-11-14-26(15-12-23)42-29-19-25(34)13-10-24(29)20-36-27(31(39)40)17-18-35-32(41)43-33(3,4)5/h10-15,19,21-22,27,36H,7-9,16-18,20H2,1-6H3,(H,35,41)(H,39,40)/t22?,27-/m0/s1. The van der Waals surface area contributed by atoms with Gasteiger partial charge in [-0.2, -0.15) is 0 Å². The topological polar surface area (TPSA) is 115 Å². The molecule has 43 heavy (non-hydrogen) atoms. The molecule has 234 valence electrons. The molecule has 1 heterocycles. The molecule has 0 bridgehead atoms. The van der Waals surface area contributed by atoms with Crippen molar-refractivity contribution in [2.75, 3.05) is 6.54 Å². The Morgan fingerprint density at radius 1 is 1.09 bits per heavy atom. The summed E-state index contributed by atoms with van der Waals surface area (Å²) in [6.45, 7) is 10.2. The van der Waals surface area contributed by atoms with Crippen molar-refractivity contribution in [3.8, 4) is 22.8 Å². The summed E-state index contributed by atoms with van der Waals surface area (Å²) < 4.78 is 13.5. The normalized spacial score (nSPS) is 12.9. The number of rotatable bonds is 15. The second kappa shape index (κ2) is 15.8. The number of ether oxygens (including phenoxy) is 2. The number of alkyl carbamates (subject to hydrolysis) is 1. The number of carbonyl (C=O) groups excluding carboxylic acids is 1. The molecular formula is C33H45ClN4O5. The first-order valence-corrected chi connectivity index (χ1v) is 15.2. The monoisotopic (exact) mass is 612 g/mol. The molecule has 0 aliphatic heterocycles. The Balaban J connectivity index is 1.63. The number of aliphatic carboxylic acids is 1. The van der Waals surface area contributed by atoms with Crippen molar-refractivity contribution >= 4 is 23.7 Å². The van der Waals surface area contributed by atoms with Gasteiger partial charge in [-0.15, -0.1) is 0 Å². The van der Waals surface area contributed by atoms with Gasteiger partial charge < -0.3 is 29.8 Å². The quantitative estimate of drug-likeness (QED) is 0.164. The van der Waals surface area contributed by atoms with E-state index in [4.69, 9.17) is 21.1 Å². The second-order valence-electron chi connectivity index (χ2n) is 11.9. The summed E-state index contributed by atoms with van der Waals surface area (Å²) in [5.74, 6) is 1.89. The van der Waals surface area contributed by atoms with Crippen molar-refractivity contribution in [2.45, 2.75) is 84.9 Å². The molecule has 2 aromatic carbocycles. The summed E-state index contributed by atoms with van der Waals surface area (Å²) in [5.41, 5.74) is 2.19. The number of benzene rings is 2. The lowest BCUT2D eigenvalue weighted by atomic mass is 10.0. The lowest BCUT2D eigenvalue weighted by molar-refractivity contribution is -0.139. The van der Waals surface area contributed by atoms with Gasteiger partial charge in [-0.1, -0.05) is 44.4 Å². The second-order valence-corrected chi connectivity index (χ2v) is 12.4. The molecule has 3 rings (SSSR count). The first kappa shape index (κ1) is 33.9. The van der Waals surface area contributed by atoms with Crippen molar-refractivity contribution < 1.29 is 24.2 Å². The predicted octanol–water partition coefficient (Wildman–Crippen LogP) is 7.36. The van der Waals surface area contributed by atoms with Crippen molar-refractivity contribution in [1.29, 1.82) is 0 Å². The number of imidazole rings is 1. The van der Waals surface area contributed by atoms with E-state index in [1.54, 1.807) is 39.0 Å². The first-order chi connectivity index (χ1) is 20.4. The highest BCUT2D eigenvalue weighted by Crippen LogP contribution is 2.31. The molecule has 0 aliphatic rings. The van der Waals surface area contributed by atoms with E-state index in [9.17, 15) is 14.7 Å². The van der Waals surface area contributed by atoms with Gasteiger partial charge >= 0.3 is 12.1 Å². The minimum Gasteiger partial charge on any atom is -0.480 e. The van der Waals surface area contributed by atoms with Crippen LogP contribution in [0.2, 0.25) is 5.02 Å². The third kappa shape index (κ3) is 10.9. The average molecular weight is 613 g/mol. The van der Waals surface area contributed by atoms with Gasteiger partial charge in [-0.25, -0.2) is 9.78 Å². The third-order valence-corrected chi connectivity index (χ3v) is 7.31. The number of nitrogens with zero attached hydrogens (tertiary/aromatic N) is 2. The van der Waals surface area contributed by atoms with Crippen molar-refractivity contribution in [2.24, 2.45) is 13.0 Å². The number of nitrogens with one attached hydrogen (secondary N) is 2. The van der Waals surface area contributed by atoms with Crippen LogP contribution in [0.5, 0.6) is 11.5 Å². The van der Waals surface area contributed by atoms with Crippen LogP contribution >= 0.6 is 11.6 Å². The molecule has 0 saturated heterocycles. The predicted molar refractivity (Wildman–Crippen MR) is 170 cm³/mol. The number of aromatic nitrogens is 2. The molecule has 9 nitrogen and oxygen atoms in total. The molecule has 0 saturated carbocycles. The molecule has 3 N–H and O–H groups in total. The number of halogens is 1. The summed E-state index contributed by atoms with van der Waals surface area (Å²) in [6.07, 6.45) is 6.01. The Morgan fingerprint density at radius 3 is 2.47 bits per heavy atom. The van der Waals surface area contributed by atoms with Crippen LogP contribution in [0.25, 0.3) is 11.3 Å². The molecule has 1 aromatic heterocycles. The van der Waals surface area contributed by atoms with Crippen molar-refractivity contribution in [3.05, 3.63) is 65.1 Å². The van der Waals surface area contributed by atoms with E-state index >= 15 is 0 Å². The molecular weight excluding hydrogens is 568 g/mol. The molecule has 0 fully saturated rings. The Bertz CT molecular complexity index is 1350. The zero-order valence-corrected chi connectivity index (χ0v) is 26.8. The Morgan fingerprint density at radius 2 is 1.81 bits per heavy atom. The smallest absolute Gasteiger partial charge is 0.407 e. The van der Waals surface area contributed by atoms with Crippen molar-refractivity contribution in [3.63, 3.8) is 0 Å². The van der Waals surface area contributed by atoms with E-state index in [1.165, 1.54) is 12.8 Å². The molecule has 0 spiro atoms. The van der Waals surface area contributed by atoms with E-state index in [0.717, 1.165) is 35.5 Å². The summed E-state index contributed by atoms with van der Waals surface area (Å²) in [7, 11) is 2.05. The summed E-state index contributed by atoms with van der Waals surface area (Å²) in [5, 5.41) is 15.8. The maximum Gasteiger partial charge on any atom is 0.407 e. The molecule has 1 unspecified atom stereocenters. The lowest BCUT2D eigenvalue weighted by Crippen LogP contribution is -2.40.